The summed E-state index contributed by atoms with van der Waals surface area (Å²) in [4.78, 5) is 4.07. The summed E-state index contributed by atoms with van der Waals surface area (Å²) in [7, 11) is 0. The molecule has 1 rings (SSSR count). The Hall–Kier alpha value is -1.13. The van der Waals surface area contributed by atoms with Crippen molar-refractivity contribution in [2.45, 2.75) is 19.4 Å². The molecule has 0 amide bonds. The topological polar surface area (TPSA) is 68.4 Å². The number of nitrogens with two attached hydrogens (primary N) is 1. The van der Waals surface area contributed by atoms with Gasteiger partial charge in [0.05, 0.1) is 18.8 Å². The van der Waals surface area contributed by atoms with Crippen LogP contribution in [-0.2, 0) is 5.54 Å². The maximum absolute atomic E-state index is 9.04. The van der Waals surface area contributed by atoms with Crippen molar-refractivity contribution >= 4 is 0 Å². The highest BCUT2D eigenvalue weighted by Crippen LogP contribution is 2.17. The van der Waals surface area contributed by atoms with Crippen LogP contribution >= 0.6 is 0 Å². The molecule has 0 saturated carbocycles. The highest BCUT2D eigenvalue weighted by molar-refractivity contribution is 5.24. The molecule has 0 radical (unpaired) electrons. The molecule has 0 saturated heterocycles. The van der Waals surface area contributed by atoms with E-state index in [4.69, 9.17) is 15.6 Å². The molecule has 14 heavy (non-hydrogen) atoms. The van der Waals surface area contributed by atoms with Crippen LogP contribution in [0.25, 0.3) is 0 Å². The third kappa shape index (κ3) is 2.43. The molecule has 1 aromatic rings. The molecular formula is C10H16N2O2. The monoisotopic (exact) mass is 196 g/mol. The molecule has 0 spiro atoms. The van der Waals surface area contributed by atoms with Crippen LogP contribution < -0.4 is 10.5 Å². The zero-order chi connectivity index (χ0) is 10.6. The molecule has 1 heterocycles. The maximum Gasteiger partial charge on any atom is 0.213 e. The Morgan fingerprint density at radius 2 is 2.29 bits per heavy atom. The minimum atomic E-state index is -0.738. The van der Waals surface area contributed by atoms with Crippen molar-refractivity contribution < 1.29 is 9.84 Å². The first kappa shape index (κ1) is 10.9. The van der Waals surface area contributed by atoms with E-state index in [0.29, 0.717) is 12.5 Å². The van der Waals surface area contributed by atoms with Crippen LogP contribution in [-0.4, -0.2) is 23.3 Å². The third-order valence-corrected chi connectivity index (χ3v) is 2.02. The maximum atomic E-state index is 9.04. The van der Waals surface area contributed by atoms with Crippen LogP contribution in [0, 0.1) is 0 Å². The largest absolute Gasteiger partial charge is 0.478 e. The van der Waals surface area contributed by atoms with Crippen molar-refractivity contribution in [3.05, 3.63) is 23.9 Å². The van der Waals surface area contributed by atoms with Gasteiger partial charge < -0.3 is 15.6 Å². The summed E-state index contributed by atoms with van der Waals surface area (Å²) in [6.45, 7) is 4.13. The van der Waals surface area contributed by atoms with E-state index in [0.717, 1.165) is 5.56 Å². The van der Waals surface area contributed by atoms with Gasteiger partial charge in [-0.2, -0.15) is 0 Å². The number of aliphatic hydroxyl groups is 1. The Labute approximate surface area is 83.7 Å². The highest BCUT2D eigenvalue weighted by Gasteiger charge is 2.19. The van der Waals surface area contributed by atoms with Gasteiger partial charge >= 0.3 is 0 Å². The molecule has 0 bridgehead atoms. The average Bonchev–Trinajstić information content (AvgIpc) is 2.19. The second kappa shape index (κ2) is 4.39. The van der Waals surface area contributed by atoms with E-state index < -0.39 is 5.54 Å². The molecule has 0 aromatic carbocycles. The number of ether oxygens (including phenoxy) is 1. The van der Waals surface area contributed by atoms with Crippen molar-refractivity contribution in [1.29, 1.82) is 0 Å². The van der Waals surface area contributed by atoms with E-state index in [-0.39, 0.29) is 6.61 Å². The number of hydrogen-bond donors (Lipinski definition) is 2. The molecule has 0 aliphatic heterocycles. The number of aliphatic hydroxyl groups excluding tert-OH is 1. The SMILES string of the molecule is CCOc1ccc([C@@](C)(N)CO)cn1. The quantitative estimate of drug-likeness (QED) is 0.741. The molecule has 0 aliphatic carbocycles. The number of aromatic nitrogens is 1. The van der Waals surface area contributed by atoms with Gasteiger partial charge in [-0.3, -0.25) is 0 Å². The molecule has 0 fully saturated rings. The summed E-state index contributed by atoms with van der Waals surface area (Å²) in [6, 6.07) is 3.56. The minimum Gasteiger partial charge on any atom is -0.478 e. The summed E-state index contributed by atoms with van der Waals surface area (Å²) >= 11 is 0. The molecule has 4 heteroatoms. The van der Waals surface area contributed by atoms with Gasteiger partial charge in [0.25, 0.3) is 0 Å². The highest BCUT2D eigenvalue weighted by atomic mass is 16.5. The van der Waals surface area contributed by atoms with Crippen molar-refractivity contribution in [3.63, 3.8) is 0 Å². The molecule has 1 atom stereocenters. The second-order valence-electron chi connectivity index (χ2n) is 3.39. The number of rotatable bonds is 4. The minimum absolute atomic E-state index is 0.108. The fraction of sp³-hybridized carbons (Fsp3) is 0.500. The van der Waals surface area contributed by atoms with Crippen molar-refractivity contribution in [3.8, 4) is 5.88 Å². The smallest absolute Gasteiger partial charge is 0.213 e. The molecule has 0 aliphatic rings. The molecule has 1 aromatic heterocycles. The van der Waals surface area contributed by atoms with E-state index in [9.17, 15) is 0 Å². The van der Waals surface area contributed by atoms with Crippen LogP contribution in [0.2, 0.25) is 0 Å². The van der Waals surface area contributed by atoms with Gasteiger partial charge in [-0.15, -0.1) is 0 Å². The number of pyridine rings is 1. The zero-order valence-electron chi connectivity index (χ0n) is 8.53. The van der Waals surface area contributed by atoms with Crippen LogP contribution in [0.1, 0.15) is 19.4 Å². The fourth-order valence-corrected chi connectivity index (χ4v) is 1.04. The number of nitrogens with zero attached hydrogens (tertiary/aromatic N) is 1. The lowest BCUT2D eigenvalue weighted by molar-refractivity contribution is 0.209. The average molecular weight is 196 g/mol. The van der Waals surface area contributed by atoms with Gasteiger partial charge in [0, 0.05) is 12.3 Å². The van der Waals surface area contributed by atoms with Gasteiger partial charge in [-0.1, -0.05) is 6.07 Å². The summed E-state index contributed by atoms with van der Waals surface area (Å²) in [5.41, 5.74) is 5.89. The van der Waals surface area contributed by atoms with E-state index >= 15 is 0 Å². The Bertz CT molecular complexity index is 283. The predicted molar refractivity (Wildman–Crippen MR) is 54.0 cm³/mol. The lowest BCUT2D eigenvalue weighted by Crippen LogP contribution is -2.36. The van der Waals surface area contributed by atoms with Crippen LogP contribution in [0.3, 0.4) is 0 Å². The van der Waals surface area contributed by atoms with Gasteiger partial charge in [0.1, 0.15) is 0 Å². The standard InChI is InChI=1S/C10H16N2O2/c1-3-14-9-5-4-8(6-12-9)10(2,11)7-13/h4-6,13H,3,7,11H2,1-2H3/t10-/m0/s1. The number of hydrogen-bond acceptors (Lipinski definition) is 4. The lowest BCUT2D eigenvalue weighted by Gasteiger charge is -2.21. The first-order chi connectivity index (χ1) is 6.60. The van der Waals surface area contributed by atoms with Crippen LogP contribution in [0.5, 0.6) is 5.88 Å². The summed E-state index contributed by atoms with van der Waals surface area (Å²) in [5, 5.41) is 9.04. The Morgan fingerprint density at radius 3 is 2.71 bits per heavy atom. The van der Waals surface area contributed by atoms with Crippen molar-refractivity contribution in [2.24, 2.45) is 5.73 Å². The normalized spacial score (nSPS) is 14.9. The van der Waals surface area contributed by atoms with Crippen molar-refractivity contribution in [2.75, 3.05) is 13.2 Å². The van der Waals surface area contributed by atoms with Gasteiger partial charge in [0.15, 0.2) is 0 Å². The molecule has 78 valence electrons. The lowest BCUT2D eigenvalue weighted by atomic mass is 9.96. The Morgan fingerprint density at radius 1 is 1.57 bits per heavy atom. The first-order valence-corrected chi connectivity index (χ1v) is 4.59. The Balaban J connectivity index is 2.82. The van der Waals surface area contributed by atoms with E-state index in [1.54, 1.807) is 19.2 Å². The molecule has 0 unspecified atom stereocenters. The third-order valence-electron chi connectivity index (χ3n) is 2.02. The molecule has 3 N–H and O–H groups in total. The van der Waals surface area contributed by atoms with E-state index in [1.165, 1.54) is 0 Å². The van der Waals surface area contributed by atoms with Gasteiger partial charge in [-0.05, 0) is 19.4 Å². The Kier molecular flexibility index (Phi) is 3.43. The van der Waals surface area contributed by atoms with Gasteiger partial charge in [-0.25, -0.2) is 4.98 Å². The summed E-state index contributed by atoms with van der Waals surface area (Å²) < 4.78 is 5.19. The fourth-order valence-electron chi connectivity index (χ4n) is 1.04. The first-order valence-electron chi connectivity index (χ1n) is 4.59. The van der Waals surface area contributed by atoms with E-state index in [2.05, 4.69) is 4.98 Å². The predicted octanol–water partition coefficient (Wildman–Crippen LogP) is 0.647. The summed E-state index contributed by atoms with van der Waals surface area (Å²) in [5.74, 6) is 0.574. The van der Waals surface area contributed by atoms with E-state index in [1.807, 2.05) is 13.0 Å². The van der Waals surface area contributed by atoms with Crippen LogP contribution in [0.15, 0.2) is 18.3 Å². The zero-order valence-corrected chi connectivity index (χ0v) is 8.53. The second-order valence-corrected chi connectivity index (χ2v) is 3.39. The summed E-state index contributed by atoms with van der Waals surface area (Å²) in [6.07, 6.45) is 1.63. The van der Waals surface area contributed by atoms with Crippen molar-refractivity contribution in [1.82, 2.24) is 4.98 Å². The molecular weight excluding hydrogens is 180 g/mol. The van der Waals surface area contributed by atoms with Gasteiger partial charge in [0.2, 0.25) is 5.88 Å². The molecule has 4 nitrogen and oxygen atoms in total. The van der Waals surface area contributed by atoms with Crippen LogP contribution in [0.4, 0.5) is 0 Å².